The minimum Gasteiger partial charge on any atom is -0.493 e. The number of methoxy groups -OCH3 is 1. The van der Waals surface area contributed by atoms with E-state index < -0.39 is 11.8 Å². The number of carbonyl (C=O) groups excluding carboxylic acids is 2. The summed E-state index contributed by atoms with van der Waals surface area (Å²) < 4.78 is 10.7. The van der Waals surface area contributed by atoms with Crippen LogP contribution in [0.3, 0.4) is 0 Å². The molecule has 0 aliphatic carbocycles. The first-order chi connectivity index (χ1) is 13.1. The second kappa shape index (κ2) is 9.96. The number of aryl methyl sites for hydroxylation is 1. The predicted octanol–water partition coefficient (Wildman–Crippen LogP) is 2.75. The fraction of sp³-hybridized carbons (Fsp3) is 0.250. The summed E-state index contributed by atoms with van der Waals surface area (Å²) in [6.45, 7) is 4.40. The van der Waals surface area contributed by atoms with Gasteiger partial charge in [-0.2, -0.15) is 5.10 Å². The van der Waals surface area contributed by atoms with Gasteiger partial charge < -0.3 is 14.8 Å². The molecule has 7 heteroatoms. The van der Waals surface area contributed by atoms with Gasteiger partial charge in [-0.3, -0.25) is 9.59 Å². The number of rotatable bonds is 7. The summed E-state index contributed by atoms with van der Waals surface area (Å²) >= 11 is 0. The second-order valence-corrected chi connectivity index (χ2v) is 5.55. The van der Waals surface area contributed by atoms with Crippen molar-refractivity contribution >= 4 is 23.7 Å². The smallest absolute Gasteiger partial charge is 0.329 e. The van der Waals surface area contributed by atoms with E-state index in [1.54, 1.807) is 37.4 Å². The Morgan fingerprint density at radius 3 is 2.41 bits per heavy atom. The summed E-state index contributed by atoms with van der Waals surface area (Å²) in [6.07, 6.45) is 2.32. The van der Waals surface area contributed by atoms with Gasteiger partial charge in [0, 0.05) is 5.69 Å². The lowest BCUT2D eigenvalue weighted by atomic mass is 10.1. The molecule has 0 heterocycles. The van der Waals surface area contributed by atoms with Crippen LogP contribution in [0.1, 0.15) is 25.0 Å². The molecule has 0 aliphatic rings. The highest BCUT2D eigenvalue weighted by Crippen LogP contribution is 2.27. The van der Waals surface area contributed by atoms with E-state index in [4.69, 9.17) is 9.47 Å². The van der Waals surface area contributed by atoms with Crippen LogP contribution in [0.25, 0.3) is 0 Å². The van der Waals surface area contributed by atoms with Gasteiger partial charge in [0.2, 0.25) is 0 Å². The Kier molecular flexibility index (Phi) is 7.37. The largest absolute Gasteiger partial charge is 0.493 e. The number of hydrazone groups is 1. The minimum absolute atomic E-state index is 0.493. The van der Waals surface area contributed by atoms with Gasteiger partial charge >= 0.3 is 11.8 Å². The molecule has 142 valence electrons. The Labute approximate surface area is 158 Å². The van der Waals surface area contributed by atoms with Crippen molar-refractivity contribution in [3.8, 4) is 11.5 Å². The quantitative estimate of drug-likeness (QED) is 0.446. The molecule has 2 amide bonds. The molecule has 0 aromatic heterocycles. The average molecular weight is 369 g/mol. The van der Waals surface area contributed by atoms with Crippen molar-refractivity contribution in [2.75, 3.05) is 19.0 Å². The highest BCUT2D eigenvalue weighted by atomic mass is 16.5. The summed E-state index contributed by atoms with van der Waals surface area (Å²) in [5, 5.41) is 6.33. The standard InChI is InChI=1S/C20H23N3O4/c1-4-14-6-9-16(10-7-14)22-19(24)20(25)23-21-13-15-8-11-17(26-3)18(12-15)27-5-2/h6-13H,4-5H2,1-3H3,(H,22,24)(H,23,25)/b21-13-. The monoisotopic (exact) mass is 369 g/mol. The van der Waals surface area contributed by atoms with Gasteiger partial charge in [0.15, 0.2) is 11.5 Å². The SMILES string of the molecule is CCOc1cc(/C=N\NC(=O)C(=O)Nc2ccc(CC)cc2)ccc1OC. The number of hydrogen-bond acceptors (Lipinski definition) is 5. The van der Waals surface area contributed by atoms with Crippen molar-refractivity contribution in [1.29, 1.82) is 0 Å². The molecular weight excluding hydrogens is 346 g/mol. The molecular formula is C20H23N3O4. The van der Waals surface area contributed by atoms with Gasteiger partial charge in [-0.15, -0.1) is 0 Å². The van der Waals surface area contributed by atoms with Gasteiger partial charge in [0.05, 0.1) is 19.9 Å². The summed E-state index contributed by atoms with van der Waals surface area (Å²) in [5.74, 6) is -0.472. The van der Waals surface area contributed by atoms with E-state index in [-0.39, 0.29) is 0 Å². The molecule has 0 saturated carbocycles. The van der Waals surface area contributed by atoms with Crippen molar-refractivity contribution in [3.05, 3.63) is 53.6 Å². The van der Waals surface area contributed by atoms with E-state index in [0.29, 0.717) is 29.4 Å². The molecule has 2 aromatic carbocycles. The number of anilines is 1. The van der Waals surface area contributed by atoms with E-state index in [0.717, 1.165) is 12.0 Å². The molecule has 2 N–H and O–H groups in total. The zero-order valence-electron chi connectivity index (χ0n) is 15.6. The summed E-state index contributed by atoms with van der Waals surface area (Å²) in [4.78, 5) is 23.7. The summed E-state index contributed by atoms with van der Waals surface area (Å²) in [5.41, 5.74) is 4.59. The normalized spacial score (nSPS) is 10.5. The maximum Gasteiger partial charge on any atom is 0.329 e. The summed E-state index contributed by atoms with van der Waals surface area (Å²) in [7, 11) is 1.56. The first-order valence-electron chi connectivity index (χ1n) is 8.61. The summed E-state index contributed by atoms with van der Waals surface area (Å²) in [6, 6.07) is 12.5. The van der Waals surface area contributed by atoms with Crippen LogP contribution in [0.2, 0.25) is 0 Å². The van der Waals surface area contributed by atoms with E-state index in [1.807, 2.05) is 26.0 Å². The fourth-order valence-corrected chi connectivity index (χ4v) is 2.27. The molecule has 0 fully saturated rings. The lowest BCUT2D eigenvalue weighted by molar-refractivity contribution is -0.136. The van der Waals surface area contributed by atoms with Crippen molar-refractivity contribution < 1.29 is 19.1 Å². The van der Waals surface area contributed by atoms with Crippen LogP contribution in [0, 0.1) is 0 Å². The number of nitrogens with zero attached hydrogens (tertiary/aromatic N) is 1. The number of ether oxygens (including phenoxy) is 2. The lowest BCUT2D eigenvalue weighted by Crippen LogP contribution is -2.32. The van der Waals surface area contributed by atoms with Crippen LogP contribution in [0.15, 0.2) is 47.6 Å². The number of carbonyl (C=O) groups is 2. The zero-order valence-corrected chi connectivity index (χ0v) is 15.6. The third-order valence-corrected chi connectivity index (χ3v) is 3.69. The number of benzene rings is 2. The molecule has 0 radical (unpaired) electrons. The van der Waals surface area contributed by atoms with Crippen LogP contribution >= 0.6 is 0 Å². The van der Waals surface area contributed by atoms with E-state index in [1.165, 1.54) is 6.21 Å². The average Bonchev–Trinajstić information content (AvgIpc) is 2.69. The maximum absolute atomic E-state index is 11.9. The van der Waals surface area contributed by atoms with Gasteiger partial charge in [0.25, 0.3) is 0 Å². The van der Waals surface area contributed by atoms with E-state index in [9.17, 15) is 9.59 Å². The number of amides is 2. The van der Waals surface area contributed by atoms with Crippen molar-refractivity contribution in [1.82, 2.24) is 5.43 Å². The molecule has 2 aromatic rings. The molecule has 27 heavy (non-hydrogen) atoms. The third-order valence-electron chi connectivity index (χ3n) is 3.69. The van der Waals surface area contributed by atoms with Crippen LogP contribution < -0.4 is 20.2 Å². The first-order valence-corrected chi connectivity index (χ1v) is 8.61. The Balaban J connectivity index is 1.93. The van der Waals surface area contributed by atoms with Gasteiger partial charge in [-0.25, -0.2) is 5.43 Å². The van der Waals surface area contributed by atoms with Crippen LogP contribution in [0.4, 0.5) is 5.69 Å². The second-order valence-electron chi connectivity index (χ2n) is 5.55. The zero-order chi connectivity index (χ0) is 19.6. The van der Waals surface area contributed by atoms with Gasteiger partial charge in [-0.1, -0.05) is 19.1 Å². The van der Waals surface area contributed by atoms with E-state index >= 15 is 0 Å². The predicted molar refractivity (Wildman–Crippen MR) is 104 cm³/mol. The molecule has 0 spiro atoms. The molecule has 0 unspecified atom stereocenters. The third kappa shape index (κ3) is 5.85. The lowest BCUT2D eigenvalue weighted by Gasteiger charge is -2.09. The Morgan fingerprint density at radius 2 is 1.78 bits per heavy atom. The van der Waals surface area contributed by atoms with Crippen LogP contribution in [0.5, 0.6) is 11.5 Å². The van der Waals surface area contributed by atoms with E-state index in [2.05, 4.69) is 15.8 Å². The molecule has 2 rings (SSSR count). The Morgan fingerprint density at radius 1 is 1.04 bits per heavy atom. The van der Waals surface area contributed by atoms with Crippen molar-refractivity contribution in [2.24, 2.45) is 5.10 Å². The molecule has 7 nitrogen and oxygen atoms in total. The van der Waals surface area contributed by atoms with Crippen molar-refractivity contribution in [3.63, 3.8) is 0 Å². The van der Waals surface area contributed by atoms with Gasteiger partial charge in [-0.05, 0) is 54.8 Å². The van der Waals surface area contributed by atoms with Crippen molar-refractivity contribution in [2.45, 2.75) is 20.3 Å². The molecule has 0 saturated heterocycles. The number of nitrogens with one attached hydrogen (secondary N) is 2. The molecule has 0 atom stereocenters. The van der Waals surface area contributed by atoms with Gasteiger partial charge in [0.1, 0.15) is 0 Å². The fourth-order valence-electron chi connectivity index (χ4n) is 2.27. The highest BCUT2D eigenvalue weighted by Gasteiger charge is 2.12. The van der Waals surface area contributed by atoms with Crippen LogP contribution in [-0.4, -0.2) is 31.7 Å². The first kappa shape index (κ1) is 20.0. The highest BCUT2D eigenvalue weighted by molar-refractivity contribution is 6.39. The molecule has 0 bridgehead atoms. The minimum atomic E-state index is -0.857. The topological polar surface area (TPSA) is 89.0 Å². The number of hydrogen-bond donors (Lipinski definition) is 2. The van der Waals surface area contributed by atoms with Crippen LogP contribution in [-0.2, 0) is 16.0 Å². The Bertz CT molecular complexity index is 816. The Hall–Kier alpha value is -3.35. The maximum atomic E-state index is 11.9. The molecule has 0 aliphatic heterocycles.